The molecule has 2 aliphatic rings. The standard InChI is InChI=1S/C17H15FN2O5S/c18-17(16(22)23)7-8-19(10-17)14(21)9-20-12-5-1-3-11-4-2-6-13(15(11)12)26(20,24)25/h1-6H,7-10H2,(H,22,23). The van der Waals surface area contributed by atoms with Gasteiger partial charge >= 0.3 is 5.97 Å². The lowest BCUT2D eigenvalue weighted by Crippen LogP contribution is -2.43. The Bertz CT molecular complexity index is 1050. The van der Waals surface area contributed by atoms with E-state index in [0.717, 1.165) is 14.6 Å². The Morgan fingerprint density at radius 3 is 2.54 bits per heavy atom. The zero-order valence-corrected chi connectivity index (χ0v) is 14.4. The molecule has 1 unspecified atom stereocenters. The Hall–Kier alpha value is -2.68. The molecule has 4 rings (SSSR count). The third kappa shape index (κ3) is 2.27. The van der Waals surface area contributed by atoms with Crippen LogP contribution in [0.4, 0.5) is 10.1 Å². The fourth-order valence-corrected chi connectivity index (χ4v) is 5.17. The molecule has 2 aliphatic heterocycles. The Balaban J connectivity index is 1.65. The van der Waals surface area contributed by atoms with E-state index in [1.807, 2.05) is 0 Å². The lowest BCUT2D eigenvalue weighted by molar-refractivity contribution is -0.150. The number of amides is 1. The SMILES string of the molecule is O=C(CN1c2cccc3cccc(c23)S1(=O)=O)N1CCC(F)(C(=O)O)C1. The molecule has 136 valence electrons. The zero-order valence-electron chi connectivity index (χ0n) is 13.6. The predicted octanol–water partition coefficient (Wildman–Crippen LogP) is 1.37. The first-order valence-electron chi connectivity index (χ1n) is 7.99. The van der Waals surface area contributed by atoms with Gasteiger partial charge in [0.15, 0.2) is 0 Å². The quantitative estimate of drug-likeness (QED) is 0.871. The molecule has 1 atom stereocenters. The Morgan fingerprint density at radius 1 is 1.19 bits per heavy atom. The third-order valence-electron chi connectivity index (χ3n) is 4.92. The minimum atomic E-state index is -3.89. The van der Waals surface area contributed by atoms with Crippen LogP contribution in [0.3, 0.4) is 0 Å². The van der Waals surface area contributed by atoms with Gasteiger partial charge in [0.05, 0.1) is 17.1 Å². The topological polar surface area (TPSA) is 95.0 Å². The van der Waals surface area contributed by atoms with Gasteiger partial charge in [0.1, 0.15) is 6.54 Å². The summed E-state index contributed by atoms with van der Waals surface area (Å²) in [6.07, 6.45) is -0.309. The van der Waals surface area contributed by atoms with E-state index in [1.54, 1.807) is 30.3 Å². The van der Waals surface area contributed by atoms with Crippen LogP contribution in [0.2, 0.25) is 0 Å². The van der Waals surface area contributed by atoms with Crippen LogP contribution in [-0.2, 0) is 19.6 Å². The van der Waals surface area contributed by atoms with Gasteiger partial charge in [-0.1, -0.05) is 24.3 Å². The molecule has 9 heteroatoms. The number of sulfonamides is 1. The molecule has 2 aromatic carbocycles. The van der Waals surface area contributed by atoms with Crippen molar-refractivity contribution in [2.45, 2.75) is 17.0 Å². The number of rotatable bonds is 3. The van der Waals surface area contributed by atoms with Crippen LogP contribution in [0.25, 0.3) is 10.8 Å². The van der Waals surface area contributed by atoms with E-state index < -0.39 is 40.7 Å². The summed E-state index contributed by atoms with van der Waals surface area (Å²) in [4.78, 5) is 24.7. The van der Waals surface area contributed by atoms with Gasteiger partial charge < -0.3 is 10.0 Å². The van der Waals surface area contributed by atoms with Crippen LogP contribution in [-0.4, -0.2) is 55.6 Å². The van der Waals surface area contributed by atoms with Crippen molar-refractivity contribution in [1.29, 1.82) is 0 Å². The molecule has 0 spiro atoms. The van der Waals surface area contributed by atoms with Crippen molar-refractivity contribution in [1.82, 2.24) is 4.90 Å². The van der Waals surface area contributed by atoms with Crippen LogP contribution >= 0.6 is 0 Å². The molecule has 1 N–H and O–H groups in total. The second-order valence-electron chi connectivity index (χ2n) is 6.48. The van der Waals surface area contributed by atoms with Gasteiger partial charge in [-0.15, -0.1) is 0 Å². The number of carboxylic acids is 1. The number of aliphatic carboxylic acids is 1. The minimum Gasteiger partial charge on any atom is -0.479 e. The van der Waals surface area contributed by atoms with E-state index in [9.17, 15) is 22.4 Å². The van der Waals surface area contributed by atoms with Crippen LogP contribution in [0.5, 0.6) is 0 Å². The number of carbonyl (C=O) groups is 2. The molecule has 1 amide bonds. The molecule has 0 aliphatic carbocycles. The third-order valence-corrected chi connectivity index (χ3v) is 6.72. The lowest BCUT2D eigenvalue weighted by Gasteiger charge is -2.23. The molecule has 0 saturated carbocycles. The number of carbonyl (C=O) groups excluding carboxylic acids is 1. The fraction of sp³-hybridized carbons (Fsp3) is 0.294. The van der Waals surface area contributed by atoms with E-state index in [-0.39, 0.29) is 17.9 Å². The molecular weight excluding hydrogens is 363 g/mol. The average molecular weight is 378 g/mol. The van der Waals surface area contributed by atoms with Crippen molar-refractivity contribution in [3.63, 3.8) is 0 Å². The number of nitrogens with zero attached hydrogens (tertiary/aromatic N) is 2. The van der Waals surface area contributed by atoms with Gasteiger partial charge in [0, 0.05) is 18.4 Å². The number of likely N-dealkylation sites (tertiary alicyclic amines) is 1. The summed E-state index contributed by atoms with van der Waals surface area (Å²) in [7, 11) is -3.89. The van der Waals surface area contributed by atoms with Gasteiger partial charge in [-0.2, -0.15) is 0 Å². The minimum absolute atomic E-state index is 0.0628. The summed E-state index contributed by atoms with van der Waals surface area (Å²) in [5, 5.41) is 10.2. The van der Waals surface area contributed by atoms with Crippen molar-refractivity contribution < 1.29 is 27.5 Å². The number of benzene rings is 2. The molecule has 1 saturated heterocycles. The van der Waals surface area contributed by atoms with E-state index >= 15 is 0 Å². The Kier molecular flexibility index (Phi) is 3.49. The van der Waals surface area contributed by atoms with Crippen LogP contribution in [0.15, 0.2) is 41.3 Å². The highest BCUT2D eigenvalue weighted by Crippen LogP contribution is 2.42. The van der Waals surface area contributed by atoms with Crippen LogP contribution in [0.1, 0.15) is 6.42 Å². The molecule has 2 heterocycles. The second-order valence-corrected chi connectivity index (χ2v) is 8.31. The van der Waals surface area contributed by atoms with E-state index in [1.165, 1.54) is 6.07 Å². The second kappa shape index (κ2) is 5.41. The summed E-state index contributed by atoms with van der Waals surface area (Å²) >= 11 is 0. The van der Waals surface area contributed by atoms with E-state index in [4.69, 9.17) is 5.11 Å². The zero-order chi connectivity index (χ0) is 18.7. The molecule has 0 bridgehead atoms. The Morgan fingerprint density at radius 2 is 1.88 bits per heavy atom. The normalized spacial score (nSPS) is 23.6. The molecule has 0 radical (unpaired) electrons. The summed E-state index contributed by atoms with van der Waals surface area (Å²) < 4.78 is 40.9. The van der Waals surface area contributed by atoms with Gasteiger partial charge in [-0.25, -0.2) is 17.6 Å². The van der Waals surface area contributed by atoms with Gasteiger partial charge in [0.25, 0.3) is 10.0 Å². The van der Waals surface area contributed by atoms with Crippen LogP contribution in [0, 0.1) is 0 Å². The molecule has 0 aromatic heterocycles. The lowest BCUT2D eigenvalue weighted by atomic mass is 10.1. The number of anilines is 1. The number of hydrogen-bond acceptors (Lipinski definition) is 4. The van der Waals surface area contributed by atoms with Gasteiger partial charge in [-0.05, 0) is 17.5 Å². The molecule has 2 aromatic rings. The maximum Gasteiger partial charge on any atom is 0.343 e. The molecule has 26 heavy (non-hydrogen) atoms. The molecule has 1 fully saturated rings. The largest absolute Gasteiger partial charge is 0.479 e. The number of hydrogen-bond donors (Lipinski definition) is 1. The van der Waals surface area contributed by atoms with Crippen molar-refractivity contribution in [2.75, 3.05) is 23.9 Å². The predicted molar refractivity (Wildman–Crippen MR) is 91.2 cm³/mol. The monoisotopic (exact) mass is 378 g/mol. The van der Waals surface area contributed by atoms with Crippen molar-refractivity contribution >= 4 is 38.4 Å². The van der Waals surface area contributed by atoms with E-state index in [0.29, 0.717) is 11.1 Å². The first kappa shape index (κ1) is 16.8. The van der Waals surface area contributed by atoms with Crippen molar-refractivity contribution in [3.05, 3.63) is 36.4 Å². The molecular formula is C17H15FN2O5S. The summed E-state index contributed by atoms with van der Waals surface area (Å²) in [6.45, 7) is -1.13. The maximum absolute atomic E-state index is 14.2. The highest BCUT2D eigenvalue weighted by molar-refractivity contribution is 7.93. The summed E-state index contributed by atoms with van der Waals surface area (Å²) in [6, 6.07) is 10.0. The van der Waals surface area contributed by atoms with Gasteiger partial charge in [0.2, 0.25) is 11.6 Å². The summed E-state index contributed by atoms with van der Waals surface area (Å²) in [5.41, 5.74) is -2.09. The Labute approximate surface area is 148 Å². The van der Waals surface area contributed by atoms with Crippen LogP contribution < -0.4 is 4.31 Å². The van der Waals surface area contributed by atoms with Crippen molar-refractivity contribution in [3.8, 4) is 0 Å². The smallest absolute Gasteiger partial charge is 0.343 e. The highest BCUT2D eigenvalue weighted by atomic mass is 32.2. The van der Waals surface area contributed by atoms with Crippen molar-refractivity contribution in [2.24, 2.45) is 0 Å². The maximum atomic E-state index is 14.2. The molecule has 7 nitrogen and oxygen atoms in total. The highest BCUT2D eigenvalue weighted by Gasteiger charge is 2.47. The number of halogens is 1. The summed E-state index contributed by atoms with van der Waals surface area (Å²) in [5.74, 6) is -2.24. The fourth-order valence-electron chi connectivity index (χ4n) is 3.51. The first-order valence-corrected chi connectivity index (χ1v) is 9.43. The van der Waals surface area contributed by atoms with E-state index in [2.05, 4.69) is 0 Å². The number of alkyl halides is 1. The number of carboxylic acid groups (broad SMARTS) is 1. The van der Waals surface area contributed by atoms with Gasteiger partial charge in [-0.3, -0.25) is 9.10 Å². The average Bonchev–Trinajstić information content (AvgIpc) is 3.10. The first-order chi connectivity index (χ1) is 12.2.